The Kier molecular flexibility index (Phi) is 5.62. The van der Waals surface area contributed by atoms with Crippen molar-refractivity contribution in [2.75, 3.05) is 32.7 Å². The van der Waals surface area contributed by atoms with Gasteiger partial charge in [0.25, 0.3) is 0 Å². The summed E-state index contributed by atoms with van der Waals surface area (Å²) < 4.78 is 0. The van der Waals surface area contributed by atoms with Gasteiger partial charge in [0.15, 0.2) is 0 Å². The van der Waals surface area contributed by atoms with E-state index in [2.05, 4.69) is 31.0 Å². The summed E-state index contributed by atoms with van der Waals surface area (Å²) in [4.78, 5) is 2.48. The van der Waals surface area contributed by atoms with Crippen LogP contribution in [0.2, 0.25) is 0 Å². The monoisotopic (exact) mass is 212 g/mol. The van der Waals surface area contributed by atoms with Crippen molar-refractivity contribution in [2.24, 2.45) is 5.41 Å². The van der Waals surface area contributed by atoms with Crippen molar-refractivity contribution < 1.29 is 0 Å². The van der Waals surface area contributed by atoms with Crippen LogP contribution in [0.1, 0.15) is 46.5 Å². The highest BCUT2D eigenvalue weighted by Crippen LogP contribution is 2.42. The minimum Gasteiger partial charge on any atom is -0.315 e. The van der Waals surface area contributed by atoms with Gasteiger partial charge in [0.2, 0.25) is 0 Å². The Hall–Kier alpha value is -0.0800. The van der Waals surface area contributed by atoms with E-state index in [0.717, 1.165) is 6.54 Å². The van der Waals surface area contributed by atoms with E-state index >= 15 is 0 Å². The first-order valence-electron chi connectivity index (χ1n) is 6.69. The number of nitrogens with zero attached hydrogens (tertiary/aromatic N) is 1. The molecule has 0 saturated heterocycles. The van der Waals surface area contributed by atoms with E-state index in [-0.39, 0.29) is 0 Å². The second kappa shape index (κ2) is 6.49. The second-order valence-corrected chi connectivity index (χ2v) is 4.91. The largest absolute Gasteiger partial charge is 0.315 e. The van der Waals surface area contributed by atoms with E-state index in [9.17, 15) is 0 Å². The molecule has 1 aliphatic rings. The van der Waals surface area contributed by atoms with Crippen molar-refractivity contribution in [2.45, 2.75) is 46.5 Å². The minimum absolute atomic E-state index is 0.670. The summed E-state index contributed by atoms with van der Waals surface area (Å²) in [6.45, 7) is 12.8. The Morgan fingerprint density at radius 2 is 1.80 bits per heavy atom. The Bertz CT molecular complexity index is 154. The standard InChI is InChI=1S/C13H28N2/c1-4-13(8-7-9-13)12-14-10-11-15(5-2)6-3/h14H,4-12H2,1-3H3. The van der Waals surface area contributed by atoms with Crippen molar-refractivity contribution in [1.29, 1.82) is 0 Å². The third-order valence-corrected chi connectivity index (χ3v) is 4.16. The zero-order chi connectivity index (χ0) is 11.1. The molecule has 15 heavy (non-hydrogen) atoms. The number of rotatable bonds is 8. The van der Waals surface area contributed by atoms with Gasteiger partial charge in [-0.05, 0) is 37.8 Å². The van der Waals surface area contributed by atoms with Gasteiger partial charge in [-0.15, -0.1) is 0 Å². The summed E-state index contributed by atoms with van der Waals surface area (Å²) in [5.41, 5.74) is 0.670. The van der Waals surface area contributed by atoms with E-state index in [1.54, 1.807) is 0 Å². The zero-order valence-electron chi connectivity index (χ0n) is 10.8. The summed E-state index contributed by atoms with van der Waals surface area (Å²) in [6.07, 6.45) is 5.69. The van der Waals surface area contributed by atoms with Crippen LogP contribution in [0, 0.1) is 5.41 Å². The number of likely N-dealkylation sites (N-methyl/N-ethyl adjacent to an activating group) is 1. The van der Waals surface area contributed by atoms with Crippen LogP contribution in [0.4, 0.5) is 0 Å². The van der Waals surface area contributed by atoms with E-state index in [1.807, 2.05) is 0 Å². The van der Waals surface area contributed by atoms with Gasteiger partial charge in [-0.2, -0.15) is 0 Å². The molecule has 1 aliphatic carbocycles. The minimum atomic E-state index is 0.670. The summed E-state index contributed by atoms with van der Waals surface area (Å²) in [5.74, 6) is 0. The predicted octanol–water partition coefficient (Wildman–Crippen LogP) is 2.50. The molecule has 0 bridgehead atoms. The molecule has 0 amide bonds. The quantitative estimate of drug-likeness (QED) is 0.622. The summed E-state index contributed by atoms with van der Waals surface area (Å²) in [7, 11) is 0. The Morgan fingerprint density at radius 1 is 1.13 bits per heavy atom. The summed E-state index contributed by atoms with van der Waals surface area (Å²) in [6, 6.07) is 0. The SMILES string of the molecule is CCN(CC)CCNCC1(CC)CCC1. The van der Waals surface area contributed by atoms with Crippen LogP contribution >= 0.6 is 0 Å². The number of hydrogen-bond donors (Lipinski definition) is 1. The fraction of sp³-hybridized carbons (Fsp3) is 1.00. The Balaban J connectivity index is 2.05. The molecule has 0 atom stereocenters. The molecule has 1 saturated carbocycles. The molecule has 1 fully saturated rings. The van der Waals surface area contributed by atoms with Crippen LogP contribution in [-0.4, -0.2) is 37.6 Å². The van der Waals surface area contributed by atoms with Gasteiger partial charge in [0, 0.05) is 19.6 Å². The highest BCUT2D eigenvalue weighted by Gasteiger charge is 2.34. The van der Waals surface area contributed by atoms with Crippen molar-refractivity contribution in [1.82, 2.24) is 10.2 Å². The molecule has 1 rings (SSSR count). The highest BCUT2D eigenvalue weighted by atomic mass is 15.1. The van der Waals surface area contributed by atoms with Crippen LogP contribution in [0.15, 0.2) is 0 Å². The number of hydrogen-bond acceptors (Lipinski definition) is 2. The molecule has 0 spiro atoms. The van der Waals surface area contributed by atoms with Crippen molar-refractivity contribution in [3.05, 3.63) is 0 Å². The molecule has 2 nitrogen and oxygen atoms in total. The molecule has 2 heteroatoms. The molecule has 0 aromatic rings. The maximum atomic E-state index is 3.64. The smallest absolute Gasteiger partial charge is 0.0107 e. The van der Waals surface area contributed by atoms with E-state index < -0.39 is 0 Å². The average Bonchev–Trinajstić information content (AvgIpc) is 2.22. The Morgan fingerprint density at radius 3 is 2.20 bits per heavy atom. The Labute approximate surface area is 95.4 Å². The predicted molar refractivity (Wildman–Crippen MR) is 67.2 cm³/mol. The van der Waals surface area contributed by atoms with Gasteiger partial charge >= 0.3 is 0 Å². The van der Waals surface area contributed by atoms with E-state index in [1.165, 1.54) is 51.9 Å². The third-order valence-electron chi connectivity index (χ3n) is 4.16. The van der Waals surface area contributed by atoms with Gasteiger partial charge in [0.1, 0.15) is 0 Å². The lowest BCUT2D eigenvalue weighted by Gasteiger charge is -2.41. The molecular weight excluding hydrogens is 184 g/mol. The molecule has 0 aliphatic heterocycles. The molecule has 0 unspecified atom stereocenters. The maximum Gasteiger partial charge on any atom is 0.0107 e. The molecule has 90 valence electrons. The van der Waals surface area contributed by atoms with Gasteiger partial charge in [-0.3, -0.25) is 0 Å². The molecule has 0 aromatic heterocycles. The fourth-order valence-electron chi connectivity index (χ4n) is 2.46. The lowest BCUT2D eigenvalue weighted by Crippen LogP contribution is -2.42. The van der Waals surface area contributed by atoms with Crippen LogP contribution in [-0.2, 0) is 0 Å². The average molecular weight is 212 g/mol. The first-order valence-corrected chi connectivity index (χ1v) is 6.69. The molecule has 0 aromatic carbocycles. The van der Waals surface area contributed by atoms with Crippen LogP contribution in [0.25, 0.3) is 0 Å². The van der Waals surface area contributed by atoms with Gasteiger partial charge in [-0.1, -0.05) is 27.2 Å². The summed E-state index contributed by atoms with van der Waals surface area (Å²) >= 11 is 0. The van der Waals surface area contributed by atoms with Crippen molar-refractivity contribution in [3.63, 3.8) is 0 Å². The maximum absolute atomic E-state index is 3.64. The van der Waals surface area contributed by atoms with Crippen molar-refractivity contribution in [3.8, 4) is 0 Å². The lowest BCUT2D eigenvalue weighted by molar-refractivity contribution is 0.123. The lowest BCUT2D eigenvalue weighted by atomic mass is 9.67. The van der Waals surface area contributed by atoms with Crippen molar-refractivity contribution >= 4 is 0 Å². The van der Waals surface area contributed by atoms with Crippen LogP contribution in [0.3, 0.4) is 0 Å². The first-order chi connectivity index (χ1) is 7.26. The summed E-state index contributed by atoms with van der Waals surface area (Å²) in [5, 5.41) is 3.64. The number of nitrogens with one attached hydrogen (secondary N) is 1. The second-order valence-electron chi connectivity index (χ2n) is 4.91. The molecule has 1 N–H and O–H groups in total. The topological polar surface area (TPSA) is 15.3 Å². The molecule has 0 radical (unpaired) electrons. The van der Waals surface area contributed by atoms with Crippen LogP contribution in [0.5, 0.6) is 0 Å². The van der Waals surface area contributed by atoms with E-state index in [4.69, 9.17) is 0 Å². The van der Waals surface area contributed by atoms with Crippen LogP contribution < -0.4 is 5.32 Å². The van der Waals surface area contributed by atoms with Gasteiger partial charge in [-0.25, -0.2) is 0 Å². The van der Waals surface area contributed by atoms with Gasteiger partial charge < -0.3 is 10.2 Å². The zero-order valence-corrected chi connectivity index (χ0v) is 10.8. The first kappa shape index (κ1) is 13.0. The van der Waals surface area contributed by atoms with E-state index in [0.29, 0.717) is 5.41 Å². The normalized spacial score (nSPS) is 19.2. The van der Waals surface area contributed by atoms with Gasteiger partial charge in [0.05, 0.1) is 0 Å². The molecule has 0 heterocycles. The highest BCUT2D eigenvalue weighted by molar-refractivity contribution is 4.88. The third kappa shape index (κ3) is 3.76. The fourth-order valence-corrected chi connectivity index (χ4v) is 2.46. The molecular formula is C13H28N2.